The molecule has 7 nitrogen and oxygen atoms in total. The monoisotopic (exact) mass is 477 g/mol. The third-order valence-electron chi connectivity index (χ3n) is 7.17. The fourth-order valence-electron chi connectivity index (χ4n) is 5.42. The van der Waals surface area contributed by atoms with Gasteiger partial charge in [-0.3, -0.25) is 19.6 Å². The highest BCUT2D eigenvalue weighted by Gasteiger charge is 2.37. The first kappa shape index (κ1) is 22.2. The molecule has 1 fully saturated rings. The summed E-state index contributed by atoms with van der Waals surface area (Å²) >= 11 is 0. The SMILES string of the molecule is O=C(c1ccccn1)N1CC2CC(C1)c1ccc(NCc3ccc(-c4ccccn4)cc3)c(=O)n1C2. The quantitative estimate of drug-likeness (QED) is 0.467. The Morgan fingerprint density at radius 3 is 2.44 bits per heavy atom. The lowest BCUT2D eigenvalue weighted by molar-refractivity contribution is 0.0589. The van der Waals surface area contributed by atoms with Gasteiger partial charge >= 0.3 is 0 Å². The van der Waals surface area contributed by atoms with Crippen LogP contribution in [-0.2, 0) is 13.1 Å². The Balaban J connectivity index is 1.16. The molecule has 180 valence electrons. The van der Waals surface area contributed by atoms with Gasteiger partial charge in [0.1, 0.15) is 11.4 Å². The van der Waals surface area contributed by atoms with Crippen LogP contribution < -0.4 is 10.9 Å². The summed E-state index contributed by atoms with van der Waals surface area (Å²) in [6, 6.07) is 23.4. The van der Waals surface area contributed by atoms with Crippen LogP contribution in [0.15, 0.2) is 90.0 Å². The number of aromatic nitrogens is 3. The van der Waals surface area contributed by atoms with Crippen molar-refractivity contribution in [1.82, 2.24) is 19.4 Å². The van der Waals surface area contributed by atoms with E-state index >= 15 is 0 Å². The Kier molecular flexibility index (Phi) is 5.81. The number of rotatable bonds is 5. The van der Waals surface area contributed by atoms with Crippen molar-refractivity contribution in [2.45, 2.75) is 25.4 Å². The van der Waals surface area contributed by atoms with Gasteiger partial charge in [-0.2, -0.15) is 0 Å². The van der Waals surface area contributed by atoms with Crippen LogP contribution in [0, 0.1) is 5.92 Å². The second kappa shape index (κ2) is 9.41. The van der Waals surface area contributed by atoms with E-state index in [0.29, 0.717) is 37.6 Å². The third kappa shape index (κ3) is 4.28. The Labute approximate surface area is 209 Å². The van der Waals surface area contributed by atoms with Gasteiger partial charge in [-0.25, -0.2) is 0 Å². The van der Waals surface area contributed by atoms with Crippen molar-refractivity contribution in [2.75, 3.05) is 18.4 Å². The molecule has 1 aromatic carbocycles. The molecule has 4 aromatic rings. The molecule has 1 saturated heterocycles. The van der Waals surface area contributed by atoms with E-state index in [9.17, 15) is 9.59 Å². The zero-order valence-corrected chi connectivity index (χ0v) is 19.9. The average molecular weight is 478 g/mol. The number of carbonyl (C=O) groups is 1. The summed E-state index contributed by atoms with van der Waals surface area (Å²) in [5.74, 6) is 0.385. The van der Waals surface area contributed by atoms with Crippen molar-refractivity contribution >= 4 is 11.6 Å². The highest BCUT2D eigenvalue weighted by molar-refractivity contribution is 5.92. The smallest absolute Gasteiger partial charge is 0.274 e. The first-order chi connectivity index (χ1) is 17.7. The first-order valence-corrected chi connectivity index (χ1v) is 12.3. The van der Waals surface area contributed by atoms with Gasteiger partial charge in [0.2, 0.25) is 0 Å². The molecule has 2 aliphatic rings. The highest BCUT2D eigenvalue weighted by atomic mass is 16.2. The second-order valence-electron chi connectivity index (χ2n) is 9.58. The number of benzene rings is 1. The maximum Gasteiger partial charge on any atom is 0.274 e. The zero-order chi connectivity index (χ0) is 24.5. The van der Waals surface area contributed by atoms with Crippen molar-refractivity contribution in [3.05, 3.63) is 112 Å². The van der Waals surface area contributed by atoms with Crippen LogP contribution in [0.2, 0.25) is 0 Å². The van der Waals surface area contributed by atoms with Gasteiger partial charge in [-0.05, 0) is 54.3 Å². The van der Waals surface area contributed by atoms with Crippen LogP contribution >= 0.6 is 0 Å². The van der Waals surface area contributed by atoms with E-state index in [1.807, 2.05) is 51.9 Å². The van der Waals surface area contributed by atoms with Gasteiger partial charge in [0.05, 0.1) is 5.69 Å². The maximum atomic E-state index is 13.3. The lowest BCUT2D eigenvalue weighted by Crippen LogP contribution is -2.49. The molecule has 2 bridgehead atoms. The Morgan fingerprint density at radius 1 is 0.889 bits per heavy atom. The Hall–Kier alpha value is -4.26. The van der Waals surface area contributed by atoms with Crippen molar-refractivity contribution in [2.24, 2.45) is 5.92 Å². The number of likely N-dealkylation sites (tertiary alicyclic amines) is 1. The predicted octanol–water partition coefficient (Wildman–Crippen LogP) is 4.18. The molecule has 0 spiro atoms. The summed E-state index contributed by atoms with van der Waals surface area (Å²) in [6.07, 6.45) is 4.44. The van der Waals surface area contributed by atoms with E-state index in [4.69, 9.17) is 0 Å². The number of nitrogens with zero attached hydrogens (tertiary/aromatic N) is 4. The molecular formula is C29H27N5O2. The summed E-state index contributed by atoms with van der Waals surface area (Å²) in [5, 5.41) is 3.33. The second-order valence-corrected chi connectivity index (χ2v) is 9.58. The molecule has 7 heteroatoms. The van der Waals surface area contributed by atoms with E-state index in [1.165, 1.54) is 0 Å². The number of fused-ring (bicyclic) bond motifs is 4. The number of hydrogen-bond donors (Lipinski definition) is 1. The first-order valence-electron chi connectivity index (χ1n) is 12.3. The number of amides is 1. The van der Waals surface area contributed by atoms with Gasteiger partial charge in [0.25, 0.3) is 11.5 Å². The predicted molar refractivity (Wildman–Crippen MR) is 139 cm³/mol. The number of anilines is 1. The summed E-state index contributed by atoms with van der Waals surface area (Å²) in [5.41, 5.74) is 5.21. The molecule has 3 aromatic heterocycles. The minimum absolute atomic E-state index is 0.0109. The molecule has 2 aliphatic heterocycles. The van der Waals surface area contributed by atoms with Crippen LogP contribution in [0.3, 0.4) is 0 Å². The minimum atomic E-state index is -0.0338. The summed E-state index contributed by atoms with van der Waals surface area (Å²) in [6.45, 7) is 2.46. The lowest BCUT2D eigenvalue weighted by Gasteiger charge is -2.42. The molecule has 6 rings (SSSR count). The maximum absolute atomic E-state index is 13.3. The van der Waals surface area contributed by atoms with Crippen molar-refractivity contribution in [3.63, 3.8) is 0 Å². The number of piperidine rings is 1. The van der Waals surface area contributed by atoms with E-state index in [-0.39, 0.29) is 23.3 Å². The van der Waals surface area contributed by atoms with Gasteiger partial charge < -0.3 is 14.8 Å². The van der Waals surface area contributed by atoms with Gasteiger partial charge in [-0.15, -0.1) is 0 Å². The number of pyridine rings is 3. The fraction of sp³-hybridized carbons (Fsp3) is 0.241. The van der Waals surface area contributed by atoms with E-state index in [1.54, 1.807) is 18.5 Å². The number of nitrogens with one attached hydrogen (secondary N) is 1. The third-order valence-corrected chi connectivity index (χ3v) is 7.17. The molecule has 2 unspecified atom stereocenters. The number of hydrogen-bond acceptors (Lipinski definition) is 5. The minimum Gasteiger partial charge on any atom is -0.377 e. The van der Waals surface area contributed by atoms with Gasteiger partial charge in [-0.1, -0.05) is 36.4 Å². The van der Waals surface area contributed by atoms with Gasteiger partial charge in [0.15, 0.2) is 0 Å². The topological polar surface area (TPSA) is 80.1 Å². The largest absolute Gasteiger partial charge is 0.377 e. The molecule has 5 heterocycles. The molecule has 0 saturated carbocycles. The average Bonchev–Trinajstić information content (AvgIpc) is 2.94. The van der Waals surface area contributed by atoms with E-state index in [2.05, 4.69) is 39.6 Å². The van der Waals surface area contributed by atoms with Crippen LogP contribution in [0.1, 0.15) is 34.1 Å². The normalized spacial score (nSPS) is 18.4. The Bertz CT molecular complexity index is 1430. The van der Waals surface area contributed by atoms with Crippen LogP contribution in [-0.4, -0.2) is 38.4 Å². The molecule has 1 N–H and O–H groups in total. The number of carbonyl (C=O) groups excluding carboxylic acids is 1. The summed E-state index contributed by atoms with van der Waals surface area (Å²) in [4.78, 5) is 36.8. The Morgan fingerprint density at radius 2 is 1.69 bits per heavy atom. The zero-order valence-electron chi connectivity index (χ0n) is 19.9. The molecule has 2 atom stereocenters. The van der Waals surface area contributed by atoms with Crippen LogP contribution in [0.4, 0.5) is 5.69 Å². The summed E-state index contributed by atoms with van der Waals surface area (Å²) in [7, 11) is 0. The lowest BCUT2D eigenvalue weighted by atomic mass is 9.83. The molecule has 0 radical (unpaired) electrons. The standard InChI is InChI=1S/C29H27N5O2/c35-28(25-6-2-4-14-31-25)33-17-21-15-23(19-33)27-12-11-26(29(36)34(27)18-21)32-16-20-7-9-22(10-8-20)24-5-1-3-13-30-24/h1-14,21,23,32H,15-19H2. The van der Waals surface area contributed by atoms with E-state index in [0.717, 1.165) is 28.9 Å². The molecule has 1 amide bonds. The van der Waals surface area contributed by atoms with Crippen LogP contribution in [0.5, 0.6) is 0 Å². The van der Waals surface area contributed by atoms with Crippen molar-refractivity contribution in [3.8, 4) is 11.3 Å². The van der Waals surface area contributed by atoms with E-state index < -0.39 is 0 Å². The highest BCUT2D eigenvalue weighted by Crippen LogP contribution is 2.36. The summed E-state index contributed by atoms with van der Waals surface area (Å²) < 4.78 is 1.91. The molecule has 36 heavy (non-hydrogen) atoms. The van der Waals surface area contributed by atoms with Crippen molar-refractivity contribution < 1.29 is 4.79 Å². The van der Waals surface area contributed by atoms with Gasteiger partial charge in [0, 0.05) is 55.7 Å². The van der Waals surface area contributed by atoms with Crippen LogP contribution in [0.25, 0.3) is 11.3 Å². The molecule has 0 aliphatic carbocycles. The fourth-order valence-corrected chi connectivity index (χ4v) is 5.42. The van der Waals surface area contributed by atoms with Crippen molar-refractivity contribution in [1.29, 1.82) is 0 Å². The molecular weight excluding hydrogens is 450 g/mol.